The molecule has 1 aliphatic rings. The molecule has 14 heavy (non-hydrogen) atoms. The second-order valence-electron chi connectivity index (χ2n) is 4.12. The van der Waals surface area contributed by atoms with Gasteiger partial charge in [0.05, 0.1) is 0 Å². The molecule has 3 N–H and O–H groups in total. The molecule has 2 rings (SSSR count). The van der Waals surface area contributed by atoms with Crippen LogP contribution in [-0.2, 0) is 0 Å². The lowest BCUT2D eigenvalue weighted by Gasteiger charge is -2.24. The first-order chi connectivity index (χ1) is 6.79. The van der Waals surface area contributed by atoms with Crippen LogP contribution in [0.4, 0.5) is 5.69 Å². The summed E-state index contributed by atoms with van der Waals surface area (Å²) in [5.41, 5.74) is 9.61. The van der Waals surface area contributed by atoms with E-state index in [0.29, 0.717) is 5.92 Å². The molecule has 1 aromatic carbocycles. The van der Waals surface area contributed by atoms with E-state index in [4.69, 9.17) is 5.73 Å². The van der Waals surface area contributed by atoms with Gasteiger partial charge in [-0.2, -0.15) is 0 Å². The summed E-state index contributed by atoms with van der Waals surface area (Å²) in [6, 6.07) is 6.35. The molecule has 0 spiro atoms. The van der Waals surface area contributed by atoms with Gasteiger partial charge >= 0.3 is 0 Å². The first kappa shape index (κ1) is 9.53. The smallest absolute Gasteiger partial charge is 0.0379 e. The molecule has 0 aliphatic carbocycles. The quantitative estimate of drug-likeness (QED) is 0.665. The minimum atomic E-state index is 0.614. The van der Waals surface area contributed by atoms with Gasteiger partial charge in [0.15, 0.2) is 0 Å². The Morgan fingerprint density at radius 1 is 1.43 bits per heavy atom. The van der Waals surface area contributed by atoms with Gasteiger partial charge in [0.25, 0.3) is 0 Å². The molecule has 0 radical (unpaired) electrons. The van der Waals surface area contributed by atoms with Gasteiger partial charge in [-0.05, 0) is 43.4 Å². The van der Waals surface area contributed by atoms with Crippen LogP contribution in [0.25, 0.3) is 0 Å². The van der Waals surface area contributed by atoms with Crippen molar-refractivity contribution in [3.05, 3.63) is 29.3 Å². The standard InChI is InChI=1S/C12H18N2/c1-9-4-2-6-11(12(9)13)10-5-3-7-14-8-10/h2,4,6,10,14H,3,5,7-8,13H2,1H3/t10-/m0/s1. The third-order valence-corrected chi connectivity index (χ3v) is 3.09. The Hall–Kier alpha value is -1.02. The third kappa shape index (κ3) is 1.75. The summed E-state index contributed by atoms with van der Waals surface area (Å²) >= 11 is 0. The predicted molar refractivity (Wildman–Crippen MR) is 60.4 cm³/mol. The Labute approximate surface area is 85.5 Å². The SMILES string of the molecule is Cc1cccc([C@H]2CCCNC2)c1N. The molecule has 0 aromatic heterocycles. The van der Waals surface area contributed by atoms with Crippen molar-refractivity contribution in [1.29, 1.82) is 0 Å². The van der Waals surface area contributed by atoms with Crippen molar-refractivity contribution in [2.45, 2.75) is 25.7 Å². The molecule has 0 amide bonds. The van der Waals surface area contributed by atoms with Gasteiger partial charge in [-0.15, -0.1) is 0 Å². The number of piperidine rings is 1. The average Bonchev–Trinajstić information content (AvgIpc) is 2.23. The van der Waals surface area contributed by atoms with Gasteiger partial charge in [0.1, 0.15) is 0 Å². The summed E-state index contributed by atoms with van der Waals surface area (Å²) in [5.74, 6) is 0.614. The van der Waals surface area contributed by atoms with Crippen LogP contribution in [0.3, 0.4) is 0 Å². The highest BCUT2D eigenvalue weighted by Crippen LogP contribution is 2.29. The first-order valence-electron chi connectivity index (χ1n) is 5.34. The highest BCUT2D eigenvalue weighted by Gasteiger charge is 2.17. The highest BCUT2D eigenvalue weighted by molar-refractivity contribution is 5.54. The number of nitrogen functional groups attached to an aromatic ring is 1. The van der Waals surface area contributed by atoms with Gasteiger partial charge < -0.3 is 11.1 Å². The van der Waals surface area contributed by atoms with E-state index in [1.807, 2.05) is 0 Å². The molecule has 0 unspecified atom stereocenters. The molecule has 76 valence electrons. The van der Waals surface area contributed by atoms with Gasteiger partial charge in [-0.3, -0.25) is 0 Å². The molecule has 2 heteroatoms. The van der Waals surface area contributed by atoms with Crippen molar-refractivity contribution in [2.24, 2.45) is 0 Å². The van der Waals surface area contributed by atoms with Crippen LogP contribution in [0.15, 0.2) is 18.2 Å². The van der Waals surface area contributed by atoms with Crippen molar-refractivity contribution in [1.82, 2.24) is 5.32 Å². The molecule has 1 heterocycles. The van der Waals surface area contributed by atoms with E-state index in [0.717, 1.165) is 18.8 Å². The fraction of sp³-hybridized carbons (Fsp3) is 0.500. The van der Waals surface area contributed by atoms with E-state index < -0.39 is 0 Å². The van der Waals surface area contributed by atoms with Crippen molar-refractivity contribution < 1.29 is 0 Å². The van der Waals surface area contributed by atoms with Crippen LogP contribution >= 0.6 is 0 Å². The Balaban J connectivity index is 2.26. The fourth-order valence-corrected chi connectivity index (χ4v) is 2.18. The maximum absolute atomic E-state index is 6.09. The number of benzene rings is 1. The summed E-state index contributed by atoms with van der Waals surface area (Å²) in [7, 11) is 0. The minimum absolute atomic E-state index is 0.614. The van der Waals surface area contributed by atoms with Crippen molar-refractivity contribution in [3.63, 3.8) is 0 Å². The zero-order valence-corrected chi connectivity index (χ0v) is 8.72. The molecule has 2 nitrogen and oxygen atoms in total. The maximum atomic E-state index is 6.09. The Morgan fingerprint density at radius 3 is 3.00 bits per heavy atom. The first-order valence-corrected chi connectivity index (χ1v) is 5.34. The summed E-state index contributed by atoms with van der Waals surface area (Å²) in [4.78, 5) is 0. The molecular weight excluding hydrogens is 172 g/mol. The van der Waals surface area contributed by atoms with Gasteiger partial charge in [0, 0.05) is 12.2 Å². The molecule has 1 aromatic rings. The lowest BCUT2D eigenvalue weighted by molar-refractivity contribution is 0.462. The number of nitrogens with two attached hydrogens (primary N) is 1. The van der Waals surface area contributed by atoms with Crippen molar-refractivity contribution >= 4 is 5.69 Å². The van der Waals surface area contributed by atoms with Crippen LogP contribution in [0, 0.1) is 6.92 Å². The third-order valence-electron chi connectivity index (χ3n) is 3.09. The number of para-hydroxylation sites is 1. The maximum Gasteiger partial charge on any atom is 0.0379 e. The van der Waals surface area contributed by atoms with Crippen LogP contribution in [-0.4, -0.2) is 13.1 Å². The summed E-state index contributed by atoms with van der Waals surface area (Å²) < 4.78 is 0. The predicted octanol–water partition coefficient (Wildman–Crippen LogP) is 2.04. The average molecular weight is 190 g/mol. The summed E-state index contributed by atoms with van der Waals surface area (Å²) in [6.45, 7) is 4.31. The van der Waals surface area contributed by atoms with E-state index in [2.05, 4.69) is 30.4 Å². The molecule has 1 saturated heterocycles. The van der Waals surface area contributed by atoms with Crippen LogP contribution < -0.4 is 11.1 Å². The lowest BCUT2D eigenvalue weighted by atomic mass is 9.89. The second kappa shape index (κ2) is 4.01. The van der Waals surface area contributed by atoms with E-state index >= 15 is 0 Å². The number of aryl methyl sites for hydroxylation is 1. The monoisotopic (exact) mass is 190 g/mol. The number of nitrogens with one attached hydrogen (secondary N) is 1. The summed E-state index contributed by atoms with van der Waals surface area (Å²) in [6.07, 6.45) is 2.53. The summed E-state index contributed by atoms with van der Waals surface area (Å²) in [5, 5.41) is 3.42. The number of rotatable bonds is 1. The van der Waals surface area contributed by atoms with Crippen LogP contribution in [0.5, 0.6) is 0 Å². The molecule has 0 saturated carbocycles. The van der Waals surface area contributed by atoms with E-state index in [-0.39, 0.29) is 0 Å². The molecule has 1 aliphatic heterocycles. The van der Waals surface area contributed by atoms with E-state index in [1.165, 1.54) is 24.0 Å². The fourth-order valence-electron chi connectivity index (χ4n) is 2.18. The number of hydrogen-bond acceptors (Lipinski definition) is 2. The van der Waals surface area contributed by atoms with Gasteiger partial charge in [-0.1, -0.05) is 18.2 Å². The van der Waals surface area contributed by atoms with Crippen LogP contribution in [0.2, 0.25) is 0 Å². The largest absolute Gasteiger partial charge is 0.398 e. The second-order valence-corrected chi connectivity index (χ2v) is 4.12. The highest BCUT2D eigenvalue weighted by atomic mass is 14.9. The Bertz CT molecular complexity index is 314. The molecule has 1 atom stereocenters. The van der Waals surface area contributed by atoms with E-state index in [1.54, 1.807) is 0 Å². The zero-order valence-electron chi connectivity index (χ0n) is 8.72. The van der Waals surface area contributed by atoms with Crippen LogP contribution in [0.1, 0.15) is 29.9 Å². The topological polar surface area (TPSA) is 38.0 Å². The lowest BCUT2D eigenvalue weighted by Crippen LogP contribution is -2.28. The number of hydrogen-bond donors (Lipinski definition) is 2. The van der Waals surface area contributed by atoms with Crippen molar-refractivity contribution in [2.75, 3.05) is 18.8 Å². The zero-order chi connectivity index (χ0) is 9.97. The molecule has 1 fully saturated rings. The molecule has 0 bridgehead atoms. The van der Waals surface area contributed by atoms with Gasteiger partial charge in [-0.25, -0.2) is 0 Å². The minimum Gasteiger partial charge on any atom is -0.398 e. The van der Waals surface area contributed by atoms with Crippen molar-refractivity contribution in [3.8, 4) is 0 Å². The number of anilines is 1. The normalized spacial score (nSPS) is 22.2. The Morgan fingerprint density at radius 2 is 2.29 bits per heavy atom. The van der Waals surface area contributed by atoms with Gasteiger partial charge in [0.2, 0.25) is 0 Å². The Kier molecular flexibility index (Phi) is 2.73. The molecular formula is C12H18N2. The van der Waals surface area contributed by atoms with E-state index in [9.17, 15) is 0 Å².